The Bertz CT molecular complexity index is 1380. The highest BCUT2D eigenvalue weighted by atomic mass is 35.5. The molecular formula is C29H31ClFN5O2. The van der Waals surface area contributed by atoms with Crippen molar-refractivity contribution >= 4 is 28.4 Å². The summed E-state index contributed by atoms with van der Waals surface area (Å²) in [6.07, 6.45) is 2.20. The van der Waals surface area contributed by atoms with Crippen LogP contribution in [0, 0.1) is 11.7 Å². The molecule has 4 aromatic rings. The lowest BCUT2D eigenvalue weighted by atomic mass is 9.91. The van der Waals surface area contributed by atoms with Crippen LogP contribution in [-0.4, -0.2) is 53.9 Å². The minimum absolute atomic E-state index is 0.268. The molecule has 2 atom stereocenters. The second-order valence-electron chi connectivity index (χ2n) is 10.2. The molecule has 1 N–H and O–H groups in total. The molecule has 0 unspecified atom stereocenters. The first-order valence-electron chi connectivity index (χ1n) is 13.2. The number of benzene rings is 2. The molecule has 0 spiro atoms. The molecular weight excluding hydrogens is 505 g/mol. The van der Waals surface area contributed by atoms with Gasteiger partial charge in [0.1, 0.15) is 5.82 Å². The number of piperidine rings is 1. The van der Waals surface area contributed by atoms with Gasteiger partial charge in [-0.25, -0.2) is 9.37 Å². The van der Waals surface area contributed by atoms with Crippen molar-refractivity contribution in [2.24, 2.45) is 5.92 Å². The summed E-state index contributed by atoms with van der Waals surface area (Å²) >= 11 is 5.96. The Morgan fingerprint density at radius 2 is 1.92 bits per heavy atom. The van der Waals surface area contributed by atoms with Gasteiger partial charge in [-0.3, -0.25) is 4.90 Å². The normalized spacial score (nSPS) is 20.0. The van der Waals surface area contributed by atoms with Crippen LogP contribution in [0.3, 0.4) is 0 Å². The van der Waals surface area contributed by atoms with Crippen molar-refractivity contribution < 1.29 is 13.7 Å². The number of piperazine rings is 1. The second-order valence-corrected chi connectivity index (χ2v) is 10.6. The summed E-state index contributed by atoms with van der Waals surface area (Å²) in [5.74, 6) is 1.62. The number of hydrogen-bond acceptors (Lipinski definition) is 7. The van der Waals surface area contributed by atoms with E-state index in [-0.39, 0.29) is 5.82 Å². The van der Waals surface area contributed by atoms with Gasteiger partial charge in [0.05, 0.1) is 17.7 Å². The Morgan fingerprint density at radius 1 is 1.03 bits per heavy atom. The van der Waals surface area contributed by atoms with Crippen molar-refractivity contribution in [3.8, 4) is 5.88 Å². The van der Waals surface area contributed by atoms with E-state index < -0.39 is 0 Å². The minimum atomic E-state index is -0.268. The van der Waals surface area contributed by atoms with E-state index in [4.69, 9.17) is 20.9 Å². The number of rotatable bonds is 8. The van der Waals surface area contributed by atoms with Gasteiger partial charge in [0.2, 0.25) is 5.88 Å². The number of nitrogens with zero attached hydrogens (tertiary/aromatic N) is 4. The van der Waals surface area contributed by atoms with E-state index in [9.17, 15) is 4.39 Å². The molecule has 0 aliphatic carbocycles. The van der Waals surface area contributed by atoms with Crippen LogP contribution in [0.5, 0.6) is 5.88 Å². The molecule has 198 valence electrons. The van der Waals surface area contributed by atoms with Crippen molar-refractivity contribution in [2.75, 3.05) is 37.7 Å². The maximum Gasteiger partial charge on any atom is 0.213 e. The number of ether oxygens (including phenoxy) is 1. The summed E-state index contributed by atoms with van der Waals surface area (Å²) < 4.78 is 25.4. The SMILES string of the molecule is Fc1ccc2onc(N3CCN4C[C@H](COc5cccc(CNCc6ccc(Cl)cc6)n5)CC[C@@H]4C3)c2c1. The van der Waals surface area contributed by atoms with Crippen LogP contribution >= 0.6 is 11.6 Å². The van der Waals surface area contributed by atoms with Crippen LogP contribution < -0.4 is 15.0 Å². The van der Waals surface area contributed by atoms with Gasteiger partial charge < -0.3 is 19.5 Å². The van der Waals surface area contributed by atoms with E-state index in [1.165, 1.54) is 17.7 Å². The van der Waals surface area contributed by atoms with E-state index in [0.29, 0.717) is 36.6 Å². The van der Waals surface area contributed by atoms with E-state index in [1.807, 2.05) is 42.5 Å². The highest BCUT2D eigenvalue weighted by Crippen LogP contribution is 2.31. The highest BCUT2D eigenvalue weighted by Gasteiger charge is 2.34. The molecule has 2 aromatic heterocycles. The summed E-state index contributed by atoms with van der Waals surface area (Å²) in [5, 5.41) is 9.17. The fourth-order valence-corrected chi connectivity index (χ4v) is 5.62. The third kappa shape index (κ3) is 5.77. The third-order valence-corrected chi connectivity index (χ3v) is 7.77. The summed E-state index contributed by atoms with van der Waals surface area (Å²) in [5.41, 5.74) is 2.76. The zero-order valence-electron chi connectivity index (χ0n) is 21.2. The van der Waals surface area contributed by atoms with Crippen molar-refractivity contribution in [3.63, 3.8) is 0 Å². The molecule has 2 saturated heterocycles. The molecule has 2 aliphatic heterocycles. The molecule has 4 heterocycles. The Morgan fingerprint density at radius 3 is 2.82 bits per heavy atom. The Kier molecular flexibility index (Phi) is 7.44. The number of pyridine rings is 1. The van der Waals surface area contributed by atoms with Gasteiger partial charge >= 0.3 is 0 Å². The van der Waals surface area contributed by atoms with Crippen LogP contribution in [0.2, 0.25) is 5.02 Å². The molecule has 0 saturated carbocycles. The molecule has 2 fully saturated rings. The number of halogens is 2. The zero-order chi connectivity index (χ0) is 25.9. The quantitative estimate of drug-likeness (QED) is 0.329. The largest absolute Gasteiger partial charge is 0.477 e. The first-order chi connectivity index (χ1) is 18.6. The van der Waals surface area contributed by atoms with Gasteiger partial charge in [-0.15, -0.1) is 0 Å². The standard InChI is InChI=1S/C29H31ClFN5O2/c30-22-7-4-20(5-8-22)15-32-16-24-2-1-3-28(33-24)37-19-21-6-10-25-18-36(13-12-35(25)17-21)29-26-14-23(31)9-11-27(26)38-34-29/h1-5,7-9,11,14,21,25,32H,6,10,12-13,15-19H2/t21-,25-/m1/s1. The molecule has 2 aliphatic rings. The summed E-state index contributed by atoms with van der Waals surface area (Å²) in [7, 11) is 0. The summed E-state index contributed by atoms with van der Waals surface area (Å²) in [4.78, 5) is 9.48. The Labute approximate surface area is 226 Å². The predicted octanol–water partition coefficient (Wildman–Crippen LogP) is 5.28. The fraction of sp³-hybridized carbons (Fsp3) is 0.379. The van der Waals surface area contributed by atoms with Crippen molar-refractivity contribution in [1.29, 1.82) is 0 Å². The molecule has 7 nitrogen and oxygen atoms in total. The van der Waals surface area contributed by atoms with E-state index >= 15 is 0 Å². The number of fused-ring (bicyclic) bond motifs is 2. The Hall–Kier alpha value is -3.20. The molecule has 0 amide bonds. The van der Waals surface area contributed by atoms with Gasteiger partial charge in [-0.1, -0.05) is 35.0 Å². The maximum absolute atomic E-state index is 13.8. The Balaban J connectivity index is 0.981. The molecule has 9 heteroatoms. The third-order valence-electron chi connectivity index (χ3n) is 7.51. The first-order valence-corrected chi connectivity index (χ1v) is 13.6. The van der Waals surface area contributed by atoms with E-state index in [0.717, 1.165) is 67.5 Å². The van der Waals surface area contributed by atoms with Crippen LogP contribution in [0.25, 0.3) is 11.0 Å². The zero-order valence-corrected chi connectivity index (χ0v) is 21.9. The van der Waals surface area contributed by atoms with Crippen molar-refractivity contribution in [3.05, 3.63) is 82.8 Å². The lowest BCUT2D eigenvalue weighted by Gasteiger charge is -2.46. The van der Waals surface area contributed by atoms with Gasteiger partial charge in [0.15, 0.2) is 11.4 Å². The maximum atomic E-state index is 13.8. The molecule has 38 heavy (non-hydrogen) atoms. The predicted molar refractivity (Wildman–Crippen MR) is 146 cm³/mol. The topological polar surface area (TPSA) is 66.7 Å². The monoisotopic (exact) mass is 535 g/mol. The van der Waals surface area contributed by atoms with Gasteiger partial charge in [0.25, 0.3) is 0 Å². The van der Waals surface area contributed by atoms with Crippen LogP contribution in [-0.2, 0) is 13.1 Å². The number of anilines is 1. The van der Waals surface area contributed by atoms with Gasteiger partial charge in [-0.2, -0.15) is 0 Å². The van der Waals surface area contributed by atoms with E-state index in [1.54, 1.807) is 6.07 Å². The number of hydrogen-bond donors (Lipinski definition) is 1. The minimum Gasteiger partial charge on any atom is -0.477 e. The van der Waals surface area contributed by atoms with Crippen LogP contribution in [0.15, 0.2) is 65.2 Å². The number of aromatic nitrogens is 2. The highest BCUT2D eigenvalue weighted by molar-refractivity contribution is 6.30. The van der Waals surface area contributed by atoms with E-state index in [2.05, 4.69) is 25.3 Å². The number of nitrogens with one attached hydrogen (secondary N) is 1. The molecule has 6 rings (SSSR count). The van der Waals surface area contributed by atoms with Gasteiger partial charge in [0, 0.05) is 62.3 Å². The summed E-state index contributed by atoms with van der Waals surface area (Å²) in [6, 6.07) is 18.8. The van der Waals surface area contributed by atoms with Crippen molar-refractivity contribution in [2.45, 2.75) is 32.0 Å². The molecule has 2 aromatic carbocycles. The second kappa shape index (κ2) is 11.3. The van der Waals surface area contributed by atoms with Crippen LogP contribution in [0.1, 0.15) is 24.1 Å². The van der Waals surface area contributed by atoms with Gasteiger partial charge in [-0.05, 0) is 54.8 Å². The smallest absolute Gasteiger partial charge is 0.213 e. The fourth-order valence-electron chi connectivity index (χ4n) is 5.49. The first kappa shape index (κ1) is 25.1. The lowest BCUT2D eigenvalue weighted by Crippen LogP contribution is -2.57. The van der Waals surface area contributed by atoms with Crippen molar-refractivity contribution in [1.82, 2.24) is 20.4 Å². The lowest BCUT2D eigenvalue weighted by molar-refractivity contribution is 0.0716. The summed E-state index contributed by atoms with van der Waals surface area (Å²) in [6.45, 7) is 5.75. The molecule has 0 radical (unpaired) electrons. The average Bonchev–Trinajstić information content (AvgIpc) is 3.36. The average molecular weight is 536 g/mol. The molecule has 0 bridgehead atoms. The van der Waals surface area contributed by atoms with Crippen LogP contribution in [0.4, 0.5) is 10.2 Å².